The lowest BCUT2D eigenvalue weighted by Crippen LogP contribution is -2.15. The minimum Gasteiger partial charge on any atom is -0.378 e. The zero-order valence-electron chi connectivity index (χ0n) is 13.0. The summed E-state index contributed by atoms with van der Waals surface area (Å²) < 4.78 is 6.50. The van der Waals surface area contributed by atoms with Crippen molar-refractivity contribution in [2.75, 3.05) is 7.11 Å². The number of ether oxygens (including phenoxy) is 1. The first-order chi connectivity index (χ1) is 11.8. The Morgan fingerprint density at radius 3 is 2.83 bits per heavy atom. The Hall–Kier alpha value is -2.70. The van der Waals surface area contributed by atoms with Gasteiger partial charge in [0.05, 0.1) is 18.4 Å². The van der Waals surface area contributed by atoms with Gasteiger partial charge in [0.25, 0.3) is 5.56 Å². The largest absolute Gasteiger partial charge is 0.378 e. The van der Waals surface area contributed by atoms with E-state index in [4.69, 9.17) is 4.74 Å². The van der Waals surface area contributed by atoms with Crippen LogP contribution in [0, 0.1) is 0 Å². The number of hydrogen-bond acceptors (Lipinski definition) is 4. The highest BCUT2D eigenvalue weighted by molar-refractivity contribution is 7.14. The van der Waals surface area contributed by atoms with Gasteiger partial charge in [0, 0.05) is 23.7 Å². The number of aromatic nitrogens is 3. The Kier molecular flexibility index (Phi) is 3.76. The van der Waals surface area contributed by atoms with Crippen LogP contribution in [0.4, 0.5) is 0 Å². The third-order valence-electron chi connectivity index (χ3n) is 3.83. The molecule has 0 fully saturated rings. The fraction of sp³-hybridized carbons (Fsp3) is 0.111. The highest BCUT2D eigenvalue weighted by atomic mass is 32.1. The first-order valence-corrected chi connectivity index (χ1v) is 8.37. The van der Waals surface area contributed by atoms with Crippen molar-refractivity contribution >= 4 is 17.0 Å². The maximum Gasteiger partial charge on any atom is 0.274 e. The van der Waals surface area contributed by atoms with E-state index >= 15 is 0 Å². The lowest BCUT2D eigenvalue weighted by Gasteiger charge is -2.02. The summed E-state index contributed by atoms with van der Waals surface area (Å²) >= 11 is 1.64. The number of thiophene rings is 1. The highest BCUT2D eigenvalue weighted by Gasteiger charge is 2.13. The van der Waals surface area contributed by atoms with Crippen molar-refractivity contribution in [1.29, 1.82) is 0 Å². The molecule has 1 aromatic carbocycles. The first-order valence-electron chi connectivity index (χ1n) is 7.49. The summed E-state index contributed by atoms with van der Waals surface area (Å²) in [6, 6.07) is 13.9. The molecule has 6 heteroatoms. The quantitative estimate of drug-likeness (QED) is 0.619. The van der Waals surface area contributed by atoms with Crippen LogP contribution in [0.2, 0.25) is 0 Å². The van der Waals surface area contributed by atoms with Gasteiger partial charge >= 0.3 is 0 Å². The molecule has 0 bridgehead atoms. The van der Waals surface area contributed by atoms with E-state index in [-0.39, 0.29) is 5.56 Å². The zero-order valence-corrected chi connectivity index (χ0v) is 13.8. The van der Waals surface area contributed by atoms with E-state index in [1.54, 1.807) is 24.6 Å². The van der Waals surface area contributed by atoms with Gasteiger partial charge in [-0.05, 0) is 22.6 Å². The second kappa shape index (κ2) is 6.07. The van der Waals surface area contributed by atoms with Crippen LogP contribution in [0.1, 0.15) is 5.69 Å². The second-order valence-corrected chi connectivity index (χ2v) is 6.36. The van der Waals surface area contributed by atoms with E-state index in [1.807, 2.05) is 18.2 Å². The zero-order chi connectivity index (χ0) is 16.5. The molecule has 1 N–H and O–H groups in total. The number of nitrogens with one attached hydrogen (secondary N) is 1. The number of rotatable bonds is 4. The molecule has 0 aliphatic carbocycles. The van der Waals surface area contributed by atoms with Gasteiger partial charge in [-0.25, -0.2) is 0 Å². The van der Waals surface area contributed by atoms with E-state index in [2.05, 4.69) is 33.7 Å². The van der Waals surface area contributed by atoms with Crippen LogP contribution in [-0.2, 0) is 11.3 Å². The predicted octanol–water partition coefficient (Wildman–Crippen LogP) is 3.56. The Morgan fingerprint density at radius 1 is 1.21 bits per heavy atom. The van der Waals surface area contributed by atoms with Gasteiger partial charge in [0.2, 0.25) is 0 Å². The minimum absolute atomic E-state index is 0.165. The standard InChI is InChI=1S/C18H15N3O2S/c1-23-10-14-8-17(22)21-18(20-14)15(9-19-21)16-7-13(11-24-16)12-5-3-2-4-6-12/h2-9,11,20H,10H2,1H3. The molecule has 0 atom stereocenters. The summed E-state index contributed by atoms with van der Waals surface area (Å²) in [7, 11) is 1.60. The summed E-state index contributed by atoms with van der Waals surface area (Å²) in [4.78, 5) is 16.5. The summed E-state index contributed by atoms with van der Waals surface area (Å²) in [5.74, 6) is 0. The summed E-state index contributed by atoms with van der Waals surface area (Å²) in [5, 5.41) is 6.33. The minimum atomic E-state index is -0.165. The van der Waals surface area contributed by atoms with Gasteiger partial charge in [-0.2, -0.15) is 9.61 Å². The van der Waals surface area contributed by atoms with Crippen LogP contribution >= 0.6 is 11.3 Å². The molecule has 3 heterocycles. The molecule has 0 saturated heterocycles. The fourth-order valence-electron chi connectivity index (χ4n) is 2.71. The Bertz CT molecular complexity index is 1050. The number of benzene rings is 1. The average molecular weight is 337 g/mol. The van der Waals surface area contributed by atoms with Crippen molar-refractivity contribution in [2.24, 2.45) is 0 Å². The molecule has 4 aromatic rings. The fourth-order valence-corrected chi connectivity index (χ4v) is 3.64. The summed E-state index contributed by atoms with van der Waals surface area (Å²) in [5.41, 5.74) is 4.50. The molecule has 0 radical (unpaired) electrons. The number of aromatic amines is 1. The van der Waals surface area contributed by atoms with Crippen LogP contribution in [0.15, 0.2) is 58.8 Å². The maximum absolute atomic E-state index is 12.2. The van der Waals surface area contributed by atoms with E-state index in [0.717, 1.165) is 21.7 Å². The highest BCUT2D eigenvalue weighted by Crippen LogP contribution is 2.33. The number of nitrogens with zero attached hydrogens (tertiary/aromatic N) is 2. The van der Waals surface area contributed by atoms with E-state index in [0.29, 0.717) is 12.3 Å². The molecule has 24 heavy (non-hydrogen) atoms. The predicted molar refractivity (Wildman–Crippen MR) is 95.3 cm³/mol. The number of hydrogen-bond donors (Lipinski definition) is 1. The first kappa shape index (κ1) is 14.9. The van der Waals surface area contributed by atoms with Crippen LogP contribution in [0.5, 0.6) is 0 Å². The molecule has 0 unspecified atom stereocenters. The maximum atomic E-state index is 12.2. The molecule has 4 rings (SSSR count). The molecule has 0 saturated carbocycles. The molecule has 120 valence electrons. The Labute approximate surface area is 142 Å². The molecule has 5 nitrogen and oxygen atoms in total. The SMILES string of the molecule is COCc1cc(=O)n2ncc(-c3cc(-c4ccccc4)cs3)c2[nH]1. The Morgan fingerprint density at radius 2 is 2.04 bits per heavy atom. The van der Waals surface area contributed by atoms with Gasteiger partial charge in [0.15, 0.2) is 0 Å². The van der Waals surface area contributed by atoms with Crippen LogP contribution in [0.3, 0.4) is 0 Å². The smallest absolute Gasteiger partial charge is 0.274 e. The molecular formula is C18H15N3O2S. The molecule has 0 aliphatic heterocycles. The van der Waals surface area contributed by atoms with Gasteiger partial charge in [-0.15, -0.1) is 11.3 Å². The van der Waals surface area contributed by atoms with Crippen molar-refractivity contribution in [3.63, 3.8) is 0 Å². The van der Waals surface area contributed by atoms with E-state index in [1.165, 1.54) is 16.1 Å². The summed E-state index contributed by atoms with van der Waals surface area (Å²) in [6.07, 6.45) is 1.73. The molecule has 0 aliphatic rings. The third-order valence-corrected chi connectivity index (χ3v) is 4.79. The topological polar surface area (TPSA) is 59.4 Å². The van der Waals surface area contributed by atoms with Crippen LogP contribution in [0.25, 0.3) is 27.2 Å². The second-order valence-electron chi connectivity index (χ2n) is 5.45. The van der Waals surface area contributed by atoms with Gasteiger partial charge in [-0.1, -0.05) is 30.3 Å². The number of H-pyrrole nitrogens is 1. The van der Waals surface area contributed by atoms with Crippen molar-refractivity contribution in [3.05, 3.63) is 70.1 Å². The Balaban J connectivity index is 1.82. The molecular weight excluding hydrogens is 322 g/mol. The number of fused-ring (bicyclic) bond motifs is 1. The lowest BCUT2D eigenvalue weighted by atomic mass is 10.1. The van der Waals surface area contributed by atoms with Crippen molar-refractivity contribution < 1.29 is 4.74 Å². The average Bonchev–Trinajstić information content (AvgIpc) is 3.23. The summed E-state index contributed by atoms with van der Waals surface area (Å²) in [6.45, 7) is 0.357. The van der Waals surface area contributed by atoms with Gasteiger partial charge < -0.3 is 9.72 Å². The van der Waals surface area contributed by atoms with E-state index in [9.17, 15) is 4.79 Å². The van der Waals surface area contributed by atoms with E-state index < -0.39 is 0 Å². The van der Waals surface area contributed by atoms with Gasteiger partial charge in [0.1, 0.15) is 5.65 Å². The number of methoxy groups -OCH3 is 1. The van der Waals surface area contributed by atoms with Crippen LogP contribution in [-0.4, -0.2) is 21.7 Å². The molecule has 0 spiro atoms. The van der Waals surface area contributed by atoms with Crippen molar-refractivity contribution in [2.45, 2.75) is 6.61 Å². The van der Waals surface area contributed by atoms with Crippen molar-refractivity contribution in [1.82, 2.24) is 14.6 Å². The van der Waals surface area contributed by atoms with Crippen LogP contribution < -0.4 is 5.56 Å². The third kappa shape index (κ3) is 2.55. The van der Waals surface area contributed by atoms with Crippen molar-refractivity contribution in [3.8, 4) is 21.6 Å². The lowest BCUT2D eigenvalue weighted by molar-refractivity contribution is 0.181. The molecule has 3 aromatic heterocycles. The monoisotopic (exact) mass is 337 g/mol. The normalized spacial score (nSPS) is 11.2. The molecule has 0 amide bonds. The van der Waals surface area contributed by atoms with Gasteiger partial charge in [-0.3, -0.25) is 4.79 Å².